The number of aryl methyl sites for hydroxylation is 1. The van der Waals surface area contributed by atoms with Crippen LogP contribution in [0.4, 0.5) is 5.13 Å². The van der Waals surface area contributed by atoms with Crippen molar-refractivity contribution in [2.24, 2.45) is 0 Å². The molecule has 0 aromatic carbocycles. The monoisotopic (exact) mass is 260 g/mol. The van der Waals surface area contributed by atoms with Gasteiger partial charge in [0.25, 0.3) is 0 Å². The van der Waals surface area contributed by atoms with Gasteiger partial charge in [0.2, 0.25) is 0 Å². The van der Waals surface area contributed by atoms with E-state index in [0.717, 1.165) is 35.3 Å². The Labute approximate surface area is 111 Å². The molecule has 2 aromatic heterocycles. The number of furan rings is 1. The number of nitrogens with one attached hydrogen (secondary N) is 1. The second-order valence-corrected chi connectivity index (χ2v) is 5.73. The predicted molar refractivity (Wildman–Crippen MR) is 75.4 cm³/mol. The van der Waals surface area contributed by atoms with Crippen molar-refractivity contribution in [3.05, 3.63) is 35.1 Å². The average molecular weight is 260 g/mol. The molecule has 1 aliphatic rings. The summed E-state index contributed by atoms with van der Waals surface area (Å²) < 4.78 is 5.75. The predicted octanol–water partition coefficient (Wildman–Crippen LogP) is 3.97. The van der Waals surface area contributed by atoms with Crippen LogP contribution in [0.15, 0.2) is 23.1 Å². The van der Waals surface area contributed by atoms with Crippen LogP contribution >= 0.6 is 11.3 Å². The second-order valence-electron chi connectivity index (χ2n) is 4.70. The molecule has 4 heteroatoms. The molecular formula is C14H16N2OS. The fraction of sp³-hybridized carbons (Fsp3) is 0.357. The van der Waals surface area contributed by atoms with Crippen LogP contribution in [0.1, 0.15) is 29.2 Å². The molecule has 1 atom stereocenters. The number of nitrogens with zero attached hydrogens (tertiary/aromatic N) is 1. The van der Waals surface area contributed by atoms with Crippen LogP contribution < -0.4 is 5.32 Å². The minimum atomic E-state index is 0.481. The lowest BCUT2D eigenvalue weighted by Crippen LogP contribution is -2.04. The van der Waals surface area contributed by atoms with Crippen LogP contribution in [0.5, 0.6) is 0 Å². The number of fused-ring (bicyclic) bond motifs is 3. The molecule has 1 aliphatic carbocycles. The zero-order chi connectivity index (χ0) is 12.7. The Morgan fingerprint density at radius 3 is 3.28 bits per heavy atom. The smallest absolute Gasteiger partial charge is 0.183 e. The summed E-state index contributed by atoms with van der Waals surface area (Å²) in [6, 6.07) is 2.09. The lowest BCUT2D eigenvalue weighted by molar-refractivity contribution is 0.469. The maximum Gasteiger partial charge on any atom is 0.183 e. The SMILES string of the molecule is C=CCNc1nc2c(s1)C(C)Cc1oc(C)cc1-2. The van der Waals surface area contributed by atoms with Crippen LogP contribution in [-0.4, -0.2) is 11.5 Å². The lowest BCUT2D eigenvalue weighted by Gasteiger charge is -2.15. The summed E-state index contributed by atoms with van der Waals surface area (Å²) in [5.74, 6) is 2.52. The Bertz CT molecular complexity index is 597. The van der Waals surface area contributed by atoms with Crippen molar-refractivity contribution >= 4 is 16.5 Å². The Hall–Kier alpha value is -1.55. The average Bonchev–Trinajstić information content (AvgIpc) is 2.89. The van der Waals surface area contributed by atoms with E-state index in [0.29, 0.717) is 5.92 Å². The number of aromatic nitrogens is 1. The summed E-state index contributed by atoms with van der Waals surface area (Å²) in [4.78, 5) is 6.05. The minimum absolute atomic E-state index is 0.481. The van der Waals surface area contributed by atoms with Gasteiger partial charge in [-0.3, -0.25) is 0 Å². The van der Waals surface area contributed by atoms with Crippen LogP contribution in [-0.2, 0) is 6.42 Å². The highest BCUT2D eigenvalue weighted by molar-refractivity contribution is 7.16. The fourth-order valence-corrected chi connectivity index (χ4v) is 3.42. The van der Waals surface area contributed by atoms with Crippen molar-refractivity contribution in [2.75, 3.05) is 11.9 Å². The van der Waals surface area contributed by atoms with Crippen molar-refractivity contribution in [1.29, 1.82) is 0 Å². The number of rotatable bonds is 3. The molecule has 2 heterocycles. The fourth-order valence-electron chi connectivity index (χ4n) is 2.38. The third-order valence-electron chi connectivity index (χ3n) is 3.18. The molecule has 0 saturated carbocycles. The molecule has 3 nitrogen and oxygen atoms in total. The molecule has 2 aromatic rings. The molecule has 1 N–H and O–H groups in total. The summed E-state index contributed by atoms with van der Waals surface area (Å²) in [5, 5.41) is 4.24. The third kappa shape index (κ3) is 1.77. The molecule has 0 amide bonds. The van der Waals surface area contributed by atoms with Crippen LogP contribution in [0, 0.1) is 6.92 Å². The Morgan fingerprint density at radius 2 is 2.50 bits per heavy atom. The zero-order valence-corrected chi connectivity index (χ0v) is 11.4. The lowest BCUT2D eigenvalue weighted by atomic mass is 9.92. The van der Waals surface area contributed by atoms with E-state index in [1.165, 1.54) is 10.4 Å². The molecule has 0 radical (unpaired) electrons. The van der Waals surface area contributed by atoms with Gasteiger partial charge < -0.3 is 9.73 Å². The van der Waals surface area contributed by atoms with Crippen LogP contribution in [0.3, 0.4) is 0 Å². The van der Waals surface area contributed by atoms with Gasteiger partial charge in [-0.1, -0.05) is 13.0 Å². The van der Waals surface area contributed by atoms with Crippen molar-refractivity contribution in [3.63, 3.8) is 0 Å². The molecule has 18 heavy (non-hydrogen) atoms. The van der Waals surface area contributed by atoms with Crippen molar-refractivity contribution in [1.82, 2.24) is 4.98 Å². The standard InChI is InChI=1S/C14H16N2OS/c1-4-5-15-14-16-12-10-7-9(3)17-11(10)6-8(2)13(12)18-14/h4,7-8H,1,5-6H2,2-3H3,(H,15,16). The van der Waals surface area contributed by atoms with Crippen LogP contribution in [0.25, 0.3) is 11.3 Å². The molecule has 0 saturated heterocycles. The van der Waals surface area contributed by atoms with Gasteiger partial charge in [-0.25, -0.2) is 4.98 Å². The summed E-state index contributed by atoms with van der Waals surface area (Å²) in [6.45, 7) is 8.68. The number of hydrogen-bond donors (Lipinski definition) is 1. The molecular weight excluding hydrogens is 244 g/mol. The summed E-state index contributed by atoms with van der Waals surface area (Å²) >= 11 is 1.74. The quantitative estimate of drug-likeness (QED) is 0.849. The van der Waals surface area contributed by atoms with E-state index < -0.39 is 0 Å². The highest BCUT2D eigenvalue weighted by Crippen LogP contribution is 2.44. The summed E-state index contributed by atoms with van der Waals surface area (Å²) in [5.41, 5.74) is 2.26. The highest BCUT2D eigenvalue weighted by atomic mass is 32.1. The first kappa shape index (κ1) is 11.5. The van der Waals surface area contributed by atoms with Gasteiger partial charge >= 0.3 is 0 Å². The topological polar surface area (TPSA) is 38.1 Å². The third-order valence-corrected chi connectivity index (χ3v) is 4.42. The normalized spacial score (nSPS) is 17.1. The van der Waals surface area contributed by atoms with Gasteiger partial charge in [0, 0.05) is 23.4 Å². The molecule has 0 spiro atoms. The molecule has 3 rings (SSSR count). The van der Waals surface area contributed by atoms with Crippen molar-refractivity contribution < 1.29 is 4.42 Å². The minimum Gasteiger partial charge on any atom is -0.466 e. The molecule has 0 bridgehead atoms. The largest absolute Gasteiger partial charge is 0.466 e. The molecule has 0 fully saturated rings. The van der Waals surface area contributed by atoms with Crippen molar-refractivity contribution in [3.8, 4) is 11.3 Å². The van der Waals surface area contributed by atoms with Crippen LogP contribution in [0.2, 0.25) is 0 Å². The first-order valence-corrected chi connectivity index (χ1v) is 6.96. The summed E-state index contributed by atoms with van der Waals surface area (Å²) in [6.07, 6.45) is 2.82. The van der Waals surface area contributed by atoms with E-state index in [1.54, 1.807) is 11.3 Å². The van der Waals surface area contributed by atoms with Gasteiger partial charge in [0.05, 0.1) is 5.69 Å². The van der Waals surface area contributed by atoms with E-state index >= 15 is 0 Å². The number of anilines is 1. The highest BCUT2D eigenvalue weighted by Gasteiger charge is 2.28. The van der Waals surface area contributed by atoms with Gasteiger partial charge in [-0.05, 0) is 18.9 Å². The second kappa shape index (κ2) is 4.28. The van der Waals surface area contributed by atoms with Gasteiger partial charge in [0.1, 0.15) is 11.5 Å². The summed E-state index contributed by atoms with van der Waals surface area (Å²) in [7, 11) is 0. The maximum atomic E-state index is 5.75. The zero-order valence-electron chi connectivity index (χ0n) is 10.6. The molecule has 1 unspecified atom stereocenters. The molecule has 0 aliphatic heterocycles. The van der Waals surface area contributed by atoms with Crippen molar-refractivity contribution in [2.45, 2.75) is 26.2 Å². The molecule has 94 valence electrons. The van der Waals surface area contributed by atoms with Gasteiger partial charge in [-0.15, -0.1) is 17.9 Å². The van der Waals surface area contributed by atoms with E-state index in [9.17, 15) is 0 Å². The van der Waals surface area contributed by atoms with E-state index in [1.807, 2.05) is 13.0 Å². The van der Waals surface area contributed by atoms with Gasteiger partial charge in [0.15, 0.2) is 5.13 Å². The Morgan fingerprint density at radius 1 is 1.67 bits per heavy atom. The van der Waals surface area contributed by atoms with E-state index in [-0.39, 0.29) is 0 Å². The Kier molecular flexibility index (Phi) is 2.74. The number of hydrogen-bond acceptors (Lipinski definition) is 4. The number of thiazole rings is 1. The first-order chi connectivity index (χ1) is 8.69. The maximum absolute atomic E-state index is 5.75. The Balaban J connectivity index is 2.05. The first-order valence-electron chi connectivity index (χ1n) is 6.14. The van der Waals surface area contributed by atoms with E-state index in [4.69, 9.17) is 9.40 Å². The van der Waals surface area contributed by atoms with Gasteiger partial charge in [-0.2, -0.15) is 0 Å². The van der Waals surface area contributed by atoms with E-state index in [2.05, 4.69) is 24.9 Å².